The van der Waals surface area contributed by atoms with Crippen LogP contribution in [0.2, 0.25) is 0 Å². The summed E-state index contributed by atoms with van der Waals surface area (Å²) in [6.07, 6.45) is -1.83. The number of pyridine rings is 1. The second kappa shape index (κ2) is 6.72. The van der Waals surface area contributed by atoms with Gasteiger partial charge in [0, 0.05) is 12.2 Å². The van der Waals surface area contributed by atoms with Gasteiger partial charge in [0.2, 0.25) is 0 Å². The molecular formula is C16H17F3N2. The first-order valence-electron chi connectivity index (χ1n) is 6.75. The van der Waals surface area contributed by atoms with E-state index < -0.39 is 11.7 Å². The summed E-state index contributed by atoms with van der Waals surface area (Å²) in [6, 6.07) is 12.4. The first-order chi connectivity index (χ1) is 10.0. The fraction of sp³-hybridized carbons (Fsp3) is 0.312. The molecule has 5 heteroatoms. The van der Waals surface area contributed by atoms with Crippen LogP contribution in [0.5, 0.6) is 0 Å². The van der Waals surface area contributed by atoms with Crippen molar-refractivity contribution in [3.8, 4) is 0 Å². The van der Waals surface area contributed by atoms with Gasteiger partial charge in [-0.05, 0) is 37.6 Å². The van der Waals surface area contributed by atoms with Gasteiger partial charge < -0.3 is 5.32 Å². The quantitative estimate of drug-likeness (QED) is 0.901. The molecule has 0 radical (unpaired) electrons. The topological polar surface area (TPSA) is 24.9 Å². The minimum Gasteiger partial charge on any atom is -0.312 e. The van der Waals surface area contributed by atoms with E-state index >= 15 is 0 Å². The van der Waals surface area contributed by atoms with Gasteiger partial charge in [0.05, 0.1) is 11.3 Å². The molecule has 2 nitrogen and oxygen atoms in total. The summed E-state index contributed by atoms with van der Waals surface area (Å²) < 4.78 is 37.5. The maximum Gasteiger partial charge on any atom is 0.417 e. The molecule has 0 spiro atoms. The summed E-state index contributed by atoms with van der Waals surface area (Å²) in [7, 11) is 1.79. The summed E-state index contributed by atoms with van der Waals surface area (Å²) in [4.78, 5) is 3.95. The molecule has 1 unspecified atom stereocenters. The fourth-order valence-corrected chi connectivity index (χ4v) is 2.17. The molecule has 0 amide bonds. The van der Waals surface area contributed by atoms with Gasteiger partial charge in [-0.1, -0.05) is 30.3 Å². The molecule has 0 aliphatic carbocycles. The van der Waals surface area contributed by atoms with Gasteiger partial charge in [-0.2, -0.15) is 13.2 Å². The normalized spacial score (nSPS) is 13.1. The molecule has 21 heavy (non-hydrogen) atoms. The predicted molar refractivity (Wildman–Crippen MR) is 75.8 cm³/mol. The van der Waals surface area contributed by atoms with Crippen LogP contribution < -0.4 is 5.32 Å². The summed E-state index contributed by atoms with van der Waals surface area (Å²) in [5.41, 5.74) is 1.11. The minimum absolute atomic E-state index is 0.0625. The van der Waals surface area contributed by atoms with Crippen LogP contribution in [0.4, 0.5) is 13.2 Å². The minimum atomic E-state index is -4.34. The Morgan fingerprint density at radius 3 is 2.33 bits per heavy atom. The second-order valence-electron chi connectivity index (χ2n) is 4.84. The highest BCUT2D eigenvalue weighted by Crippen LogP contribution is 2.29. The zero-order valence-electron chi connectivity index (χ0n) is 11.7. The number of halogens is 3. The average Bonchev–Trinajstić information content (AvgIpc) is 2.48. The zero-order chi connectivity index (χ0) is 15.3. The van der Waals surface area contributed by atoms with Gasteiger partial charge in [0.1, 0.15) is 0 Å². The number of rotatable bonds is 5. The van der Waals surface area contributed by atoms with Crippen molar-refractivity contribution >= 4 is 0 Å². The number of nitrogens with one attached hydrogen (secondary N) is 1. The van der Waals surface area contributed by atoms with Crippen LogP contribution in [0, 0.1) is 0 Å². The summed E-state index contributed by atoms with van der Waals surface area (Å²) in [5, 5.41) is 3.10. The highest BCUT2D eigenvalue weighted by atomic mass is 19.4. The van der Waals surface area contributed by atoms with E-state index in [1.807, 2.05) is 30.3 Å². The van der Waals surface area contributed by atoms with Gasteiger partial charge in [-0.15, -0.1) is 0 Å². The maximum atomic E-state index is 12.5. The zero-order valence-corrected chi connectivity index (χ0v) is 11.7. The van der Waals surface area contributed by atoms with Crippen LogP contribution in [-0.4, -0.2) is 12.0 Å². The number of nitrogens with zero attached hydrogens (tertiary/aromatic N) is 1. The Morgan fingerprint density at radius 2 is 1.81 bits per heavy atom. The lowest BCUT2D eigenvalue weighted by molar-refractivity contribution is -0.137. The van der Waals surface area contributed by atoms with Crippen molar-refractivity contribution in [3.63, 3.8) is 0 Å². The van der Waals surface area contributed by atoms with Gasteiger partial charge in [-0.3, -0.25) is 4.98 Å². The highest BCUT2D eigenvalue weighted by molar-refractivity contribution is 5.20. The lowest BCUT2D eigenvalue weighted by Gasteiger charge is -2.16. The van der Waals surface area contributed by atoms with E-state index in [9.17, 15) is 13.2 Å². The molecule has 1 aromatic carbocycles. The van der Waals surface area contributed by atoms with Crippen LogP contribution in [0.25, 0.3) is 0 Å². The van der Waals surface area contributed by atoms with E-state index in [-0.39, 0.29) is 6.04 Å². The summed E-state index contributed by atoms with van der Waals surface area (Å²) >= 11 is 0. The standard InChI is InChI=1S/C16H17F3N2/c1-20-14(9-7-12-5-3-2-4-6-12)15-10-8-13(11-21-15)16(17,18)19/h2-6,8,10-11,14,20H,7,9H2,1H3. The smallest absolute Gasteiger partial charge is 0.312 e. The SMILES string of the molecule is CNC(CCc1ccccc1)c1ccc(C(F)(F)F)cn1. The average molecular weight is 294 g/mol. The molecule has 0 saturated carbocycles. The van der Waals surface area contributed by atoms with E-state index in [0.717, 1.165) is 25.1 Å². The molecule has 1 N–H and O–H groups in total. The molecule has 1 atom stereocenters. The molecule has 2 rings (SSSR count). The second-order valence-corrected chi connectivity index (χ2v) is 4.84. The Morgan fingerprint density at radius 1 is 1.10 bits per heavy atom. The van der Waals surface area contributed by atoms with Crippen molar-refractivity contribution < 1.29 is 13.2 Å². The highest BCUT2D eigenvalue weighted by Gasteiger charge is 2.30. The summed E-state index contributed by atoms with van der Waals surface area (Å²) in [6.45, 7) is 0. The number of hydrogen-bond donors (Lipinski definition) is 1. The van der Waals surface area contributed by atoms with Crippen molar-refractivity contribution in [2.75, 3.05) is 7.05 Å². The van der Waals surface area contributed by atoms with Gasteiger partial charge in [0.15, 0.2) is 0 Å². The molecule has 112 valence electrons. The third-order valence-electron chi connectivity index (χ3n) is 3.38. The molecule has 0 saturated heterocycles. The predicted octanol–water partition coefficient (Wildman–Crippen LogP) is 3.99. The van der Waals surface area contributed by atoms with E-state index in [4.69, 9.17) is 0 Å². The number of aromatic nitrogens is 1. The van der Waals surface area contributed by atoms with Gasteiger partial charge in [0.25, 0.3) is 0 Å². The maximum absolute atomic E-state index is 12.5. The van der Waals surface area contributed by atoms with Crippen molar-refractivity contribution in [1.82, 2.24) is 10.3 Å². The molecular weight excluding hydrogens is 277 g/mol. The number of hydrogen-bond acceptors (Lipinski definition) is 2. The van der Waals surface area contributed by atoms with Crippen LogP contribution >= 0.6 is 0 Å². The number of benzene rings is 1. The lowest BCUT2D eigenvalue weighted by atomic mass is 10.0. The Balaban J connectivity index is 2.04. The van der Waals surface area contributed by atoms with Gasteiger partial charge in [-0.25, -0.2) is 0 Å². The molecule has 0 bridgehead atoms. The van der Waals surface area contributed by atoms with Crippen molar-refractivity contribution in [2.24, 2.45) is 0 Å². The third kappa shape index (κ3) is 4.29. The number of alkyl halides is 3. The first kappa shape index (κ1) is 15.5. The molecule has 0 aliphatic rings. The van der Waals surface area contributed by atoms with Crippen molar-refractivity contribution in [1.29, 1.82) is 0 Å². The molecule has 0 aliphatic heterocycles. The van der Waals surface area contributed by atoms with Crippen LogP contribution in [0.1, 0.15) is 29.3 Å². The van der Waals surface area contributed by atoms with E-state index in [0.29, 0.717) is 5.69 Å². The summed E-state index contributed by atoms with van der Waals surface area (Å²) in [5.74, 6) is 0. The Hall–Kier alpha value is -1.88. The van der Waals surface area contributed by atoms with Crippen LogP contribution in [0.3, 0.4) is 0 Å². The molecule has 2 aromatic rings. The van der Waals surface area contributed by atoms with Crippen molar-refractivity contribution in [2.45, 2.75) is 25.1 Å². The monoisotopic (exact) mass is 294 g/mol. The Bertz CT molecular complexity index is 550. The van der Waals surface area contributed by atoms with Crippen LogP contribution in [0.15, 0.2) is 48.7 Å². The van der Waals surface area contributed by atoms with E-state index in [1.54, 1.807) is 7.05 Å². The van der Waals surface area contributed by atoms with Crippen LogP contribution in [-0.2, 0) is 12.6 Å². The van der Waals surface area contributed by atoms with Crippen molar-refractivity contribution in [3.05, 3.63) is 65.5 Å². The largest absolute Gasteiger partial charge is 0.417 e. The van der Waals surface area contributed by atoms with E-state index in [1.165, 1.54) is 11.6 Å². The first-order valence-corrected chi connectivity index (χ1v) is 6.75. The molecule has 1 aromatic heterocycles. The Kier molecular flexibility index (Phi) is 4.96. The Labute approximate surface area is 122 Å². The van der Waals surface area contributed by atoms with E-state index in [2.05, 4.69) is 10.3 Å². The molecule has 0 fully saturated rings. The number of aryl methyl sites for hydroxylation is 1. The third-order valence-corrected chi connectivity index (χ3v) is 3.38. The van der Waals surface area contributed by atoms with Gasteiger partial charge >= 0.3 is 6.18 Å². The fourth-order valence-electron chi connectivity index (χ4n) is 2.17. The molecule has 1 heterocycles. The lowest BCUT2D eigenvalue weighted by Crippen LogP contribution is -2.19.